The van der Waals surface area contributed by atoms with Crippen molar-refractivity contribution in [3.63, 3.8) is 0 Å². The summed E-state index contributed by atoms with van der Waals surface area (Å²) < 4.78 is 0. The van der Waals surface area contributed by atoms with Gasteiger partial charge in [-0.1, -0.05) is 68.6 Å². The van der Waals surface area contributed by atoms with Gasteiger partial charge in [-0.15, -0.1) is 0 Å². The van der Waals surface area contributed by atoms with E-state index in [1.807, 2.05) is 23.9 Å². The molecule has 0 fully saturated rings. The molecular weight excluding hydrogens is 420 g/mol. The highest BCUT2D eigenvalue weighted by molar-refractivity contribution is 7.99. The van der Waals surface area contributed by atoms with E-state index in [-0.39, 0.29) is 5.78 Å². The van der Waals surface area contributed by atoms with Gasteiger partial charge in [0.25, 0.3) is 0 Å². The quantitative estimate of drug-likeness (QED) is 0.200. The van der Waals surface area contributed by atoms with Crippen molar-refractivity contribution < 1.29 is 9.59 Å². The van der Waals surface area contributed by atoms with E-state index in [0.717, 1.165) is 17.7 Å². The van der Waals surface area contributed by atoms with Crippen LogP contribution >= 0.6 is 23.5 Å². The topological polar surface area (TPSA) is 34.1 Å². The Labute approximate surface area is 197 Å². The van der Waals surface area contributed by atoms with Crippen LogP contribution in [0.3, 0.4) is 0 Å². The van der Waals surface area contributed by atoms with E-state index in [4.69, 9.17) is 0 Å². The maximum absolute atomic E-state index is 11.9. The molecule has 2 aromatic carbocycles. The molecule has 0 radical (unpaired) electrons. The number of Topliss-reactive ketones (excluding diaryl/α,β-unsaturated/α-hetero) is 2. The molecule has 2 aromatic rings. The lowest BCUT2D eigenvalue weighted by molar-refractivity contribution is -0.116. The van der Waals surface area contributed by atoms with Crippen LogP contribution in [0.15, 0.2) is 58.3 Å². The lowest BCUT2D eigenvalue weighted by Crippen LogP contribution is -2.01. The van der Waals surface area contributed by atoms with E-state index in [9.17, 15) is 9.59 Å². The fraction of sp³-hybridized carbons (Fsp3) is 0.481. The van der Waals surface area contributed by atoms with E-state index >= 15 is 0 Å². The van der Waals surface area contributed by atoms with Gasteiger partial charge in [0.15, 0.2) is 5.78 Å². The lowest BCUT2D eigenvalue weighted by atomic mass is 9.93. The molecule has 0 bridgehead atoms. The standard InChI is InChI=1S/C27H36O2S2/c1-21(12-8-5-4-6-11-18-30-19-17-22(2)28)26-20-24(23(3)29)15-16-27(26)31-25-13-9-7-10-14-25/h7,9-10,13-16,20-21H,4-6,8,11-12,17-19H2,1-3H3. The van der Waals surface area contributed by atoms with Gasteiger partial charge in [-0.25, -0.2) is 0 Å². The molecule has 0 saturated heterocycles. The average molecular weight is 457 g/mol. The number of carbonyl (C=O) groups is 2. The summed E-state index contributed by atoms with van der Waals surface area (Å²) in [5.41, 5.74) is 2.10. The molecule has 2 nitrogen and oxygen atoms in total. The molecule has 0 heterocycles. The minimum Gasteiger partial charge on any atom is -0.300 e. The molecule has 0 aliphatic carbocycles. The maximum Gasteiger partial charge on any atom is 0.159 e. The Balaban J connectivity index is 1.80. The van der Waals surface area contributed by atoms with Crippen molar-refractivity contribution in [2.75, 3.05) is 11.5 Å². The molecule has 0 N–H and O–H groups in total. The second kappa shape index (κ2) is 14.5. The first-order valence-corrected chi connectivity index (χ1v) is 13.4. The van der Waals surface area contributed by atoms with Gasteiger partial charge in [-0.3, -0.25) is 9.59 Å². The van der Waals surface area contributed by atoms with Crippen molar-refractivity contribution in [1.82, 2.24) is 0 Å². The molecule has 31 heavy (non-hydrogen) atoms. The van der Waals surface area contributed by atoms with Crippen LogP contribution in [-0.2, 0) is 4.79 Å². The van der Waals surface area contributed by atoms with Crippen LogP contribution in [0.1, 0.15) is 87.6 Å². The molecule has 0 amide bonds. The molecule has 0 aliphatic heterocycles. The summed E-state index contributed by atoms with van der Waals surface area (Å²) in [6.45, 7) is 5.60. The predicted octanol–water partition coefficient (Wildman–Crippen LogP) is 8.20. The van der Waals surface area contributed by atoms with E-state index in [1.165, 1.54) is 53.2 Å². The zero-order valence-corrected chi connectivity index (χ0v) is 20.8. The molecule has 1 unspecified atom stereocenters. The van der Waals surface area contributed by atoms with Crippen LogP contribution in [-0.4, -0.2) is 23.1 Å². The third kappa shape index (κ3) is 10.1. The fourth-order valence-electron chi connectivity index (χ4n) is 3.52. The molecule has 2 rings (SSSR count). The van der Waals surface area contributed by atoms with Crippen molar-refractivity contribution in [2.45, 2.75) is 81.4 Å². The molecule has 168 valence electrons. The van der Waals surface area contributed by atoms with Gasteiger partial charge in [0, 0.05) is 27.5 Å². The van der Waals surface area contributed by atoms with Crippen LogP contribution < -0.4 is 0 Å². The summed E-state index contributed by atoms with van der Waals surface area (Å²) in [6, 6.07) is 16.6. The SMILES string of the molecule is CC(=O)CCSCCCCCCCC(C)c1cc(C(C)=O)ccc1Sc1ccccc1. The number of hydrogen-bond donors (Lipinski definition) is 0. The zero-order valence-electron chi connectivity index (χ0n) is 19.2. The van der Waals surface area contributed by atoms with Crippen LogP contribution in [0, 0.1) is 0 Å². The number of unbranched alkanes of at least 4 members (excludes halogenated alkanes) is 4. The normalized spacial score (nSPS) is 12.0. The van der Waals surface area contributed by atoms with E-state index in [0.29, 0.717) is 18.1 Å². The summed E-state index contributed by atoms with van der Waals surface area (Å²) in [5.74, 6) is 3.00. The largest absolute Gasteiger partial charge is 0.300 e. The summed E-state index contributed by atoms with van der Waals surface area (Å²) in [5, 5.41) is 0. The van der Waals surface area contributed by atoms with Crippen molar-refractivity contribution in [2.24, 2.45) is 0 Å². The van der Waals surface area contributed by atoms with Gasteiger partial charge >= 0.3 is 0 Å². The Kier molecular flexibility index (Phi) is 12.1. The summed E-state index contributed by atoms with van der Waals surface area (Å²) in [7, 11) is 0. The highest BCUT2D eigenvalue weighted by Crippen LogP contribution is 2.36. The highest BCUT2D eigenvalue weighted by atomic mass is 32.2. The van der Waals surface area contributed by atoms with Crippen molar-refractivity contribution in [1.29, 1.82) is 0 Å². The minimum atomic E-state index is 0.130. The van der Waals surface area contributed by atoms with Crippen LogP contribution in [0.2, 0.25) is 0 Å². The van der Waals surface area contributed by atoms with Crippen molar-refractivity contribution in [3.8, 4) is 0 Å². The first kappa shape index (κ1) is 25.7. The fourth-order valence-corrected chi connectivity index (χ4v) is 5.62. The number of benzene rings is 2. The third-order valence-corrected chi connectivity index (χ3v) is 7.61. The van der Waals surface area contributed by atoms with Crippen LogP contribution in [0.25, 0.3) is 0 Å². The smallest absolute Gasteiger partial charge is 0.159 e. The van der Waals surface area contributed by atoms with E-state index in [2.05, 4.69) is 43.3 Å². The third-order valence-electron chi connectivity index (χ3n) is 5.44. The predicted molar refractivity (Wildman–Crippen MR) is 136 cm³/mol. The molecule has 0 aliphatic rings. The zero-order chi connectivity index (χ0) is 22.5. The van der Waals surface area contributed by atoms with Crippen LogP contribution in [0.4, 0.5) is 0 Å². The molecule has 1 atom stereocenters. The van der Waals surface area contributed by atoms with Gasteiger partial charge in [0.1, 0.15) is 5.78 Å². The van der Waals surface area contributed by atoms with Crippen molar-refractivity contribution >= 4 is 35.1 Å². The average Bonchev–Trinajstić information content (AvgIpc) is 2.75. The summed E-state index contributed by atoms with van der Waals surface area (Å²) in [4.78, 5) is 25.4. The molecular formula is C27H36O2S2. The van der Waals surface area contributed by atoms with E-state index < -0.39 is 0 Å². The number of rotatable bonds is 15. The molecule has 0 spiro atoms. The second-order valence-electron chi connectivity index (χ2n) is 8.25. The van der Waals surface area contributed by atoms with Crippen LogP contribution in [0.5, 0.6) is 0 Å². The number of thioether (sulfide) groups is 1. The first-order chi connectivity index (χ1) is 15.0. The highest BCUT2D eigenvalue weighted by Gasteiger charge is 2.14. The van der Waals surface area contributed by atoms with Crippen molar-refractivity contribution in [3.05, 3.63) is 59.7 Å². The Morgan fingerprint density at radius 1 is 0.871 bits per heavy atom. The maximum atomic E-state index is 11.9. The minimum absolute atomic E-state index is 0.130. The van der Waals surface area contributed by atoms with Gasteiger partial charge in [0.05, 0.1) is 0 Å². The molecule has 4 heteroatoms. The summed E-state index contributed by atoms with van der Waals surface area (Å²) >= 11 is 3.69. The van der Waals surface area contributed by atoms with Gasteiger partial charge in [0.2, 0.25) is 0 Å². The monoisotopic (exact) mass is 456 g/mol. The Morgan fingerprint density at radius 2 is 1.58 bits per heavy atom. The van der Waals surface area contributed by atoms with E-state index in [1.54, 1.807) is 25.6 Å². The Hall–Kier alpha value is -1.52. The number of hydrogen-bond acceptors (Lipinski definition) is 4. The Morgan fingerprint density at radius 3 is 2.29 bits per heavy atom. The lowest BCUT2D eigenvalue weighted by Gasteiger charge is -2.17. The second-order valence-corrected chi connectivity index (χ2v) is 10.6. The molecule has 0 saturated carbocycles. The van der Waals surface area contributed by atoms with Gasteiger partial charge in [-0.05, 0) is 68.2 Å². The molecule has 0 aromatic heterocycles. The number of ketones is 2. The Bertz CT molecular complexity index is 817. The van der Waals surface area contributed by atoms with Gasteiger partial charge < -0.3 is 0 Å². The number of carbonyl (C=O) groups excluding carboxylic acids is 2. The first-order valence-electron chi connectivity index (χ1n) is 11.4. The van der Waals surface area contributed by atoms with Gasteiger partial charge in [-0.2, -0.15) is 11.8 Å². The summed E-state index contributed by atoms with van der Waals surface area (Å²) in [6.07, 6.45) is 8.13.